The SMILES string of the molecule is NC(CC1=CCCCC1)c1cnnn1-c1ccccc1. The van der Waals surface area contributed by atoms with E-state index in [-0.39, 0.29) is 6.04 Å². The van der Waals surface area contributed by atoms with Crippen molar-refractivity contribution in [1.82, 2.24) is 15.0 Å². The molecule has 0 bridgehead atoms. The maximum absolute atomic E-state index is 6.37. The summed E-state index contributed by atoms with van der Waals surface area (Å²) >= 11 is 0. The van der Waals surface area contributed by atoms with E-state index < -0.39 is 0 Å². The number of hydrogen-bond donors (Lipinski definition) is 1. The lowest BCUT2D eigenvalue weighted by Crippen LogP contribution is -2.16. The highest BCUT2D eigenvalue weighted by Gasteiger charge is 2.16. The Kier molecular flexibility index (Phi) is 3.92. The Hall–Kier alpha value is -1.94. The summed E-state index contributed by atoms with van der Waals surface area (Å²) in [5.41, 5.74) is 9.83. The van der Waals surface area contributed by atoms with Gasteiger partial charge in [-0.25, -0.2) is 4.68 Å². The average molecular weight is 268 g/mol. The molecule has 2 N–H and O–H groups in total. The quantitative estimate of drug-likeness (QED) is 0.867. The van der Waals surface area contributed by atoms with Gasteiger partial charge in [0.1, 0.15) is 0 Å². The van der Waals surface area contributed by atoms with Crippen LogP contribution in [0.5, 0.6) is 0 Å². The lowest BCUT2D eigenvalue weighted by molar-refractivity contribution is 0.602. The van der Waals surface area contributed by atoms with E-state index in [9.17, 15) is 0 Å². The molecule has 1 aliphatic rings. The molecule has 0 amide bonds. The molecule has 0 aliphatic heterocycles. The van der Waals surface area contributed by atoms with Crippen LogP contribution in [0.15, 0.2) is 48.2 Å². The van der Waals surface area contributed by atoms with Crippen molar-refractivity contribution in [3.05, 3.63) is 53.9 Å². The van der Waals surface area contributed by atoms with Crippen molar-refractivity contribution in [2.45, 2.75) is 38.1 Å². The second kappa shape index (κ2) is 6.01. The molecule has 1 aromatic heterocycles. The van der Waals surface area contributed by atoms with E-state index in [0.717, 1.165) is 17.8 Å². The minimum atomic E-state index is -0.0467. The lowest BCUT2D eigenvalue weighted by atomic mass is 9.93. The van der Waals surface area contributed by atoms with E-state index in [0.29, 0.717) is 0 Å². The molecular formula is C16H20N4. The monoisotopic (exact) mass is 268 g/mol. The van der Waals surface area contributed by atoms with Crippen LogP contribution in [-0.4, -0.2) is 15.0 Å². The van der Waals surface area contributed by atoms with Crippen LogP contribution in [0.1, 0.15) is 43.8 Å². The number of benzene rings is 1. The first-order valence-electron chi connectivity index (χ1n) is 7.24. The maximum atomic E-state index is 6.37. The van der Waals surface area contributed by atoms with Crippen LogP contribution < -0.4 is 5.73 Å². The summed E-state index contributed by atoms with van der Waals surface area (Å²) in [5.74, 6) is 0. The number of hydrogen-bond acceptors (Lipinski definition) is 3. The Bertz CT molecular complexity index is 586. The molecule has 0 saturated heterocycles. The highest BCUT2D eigenvalue weighted by Crippen LogP contribution is 2.26. The summed E-state index contributed by atoms with van der Waals surface area (Å²) < 4.78 is 1.84. The van der Waals surface area contributed by atoms with Crippen LogP contribution in [0.25, 0.3) is 5.69 Å². The van der Waals surface area contributed by atoms with E-state index in [2.05, 4.69) is 16.4 Å². The van der Waals surface area contributed by atoms with Crippen molar-refractivity contribution >= 4 is 0 Å². The fourth-order valence-corrected chi connectivity index (χ4v) is 2.74. The van der Waals surface area contributed by atoms with Gasteiger partial charge in [-0.2, -0.15) is 0 Å². The third kappa shape index (κ3) is 2.80. The number of nitrogens with zero attached hydrogens (tertiary/aromatic N) is 3. The molecular weight excluding hydrogens is 248 g/mol. The summed E-state index contributed by atoms with van der Waals surface area (Å²) in [6, 6.07) is 9.98. The second-order valence-corrected chi connectivity index (χ2v) is 5.33. The van der Waals surface area contributed by atoms with Gasteiger partial charge in [0.15, 0.2) is 0 Å². The molecule has 0 radical (unpaired) electrons. The van der Waals surface area contributed by atoms with Crippen LogP contribution in [0.3, 0.4) is 0 Å². The maximum Gasteiger partial charge on any atom is 0.0816 e. The van der Waals surface area contributed by atoms with Crippen LogP contribution in [0.2, 0.25) is 0 Å². The van der Waals surface area contributed by atoms with Gasteiger partial charge in [-0.05, 0) is 44.2 Å². The molecule has 0 spiro atoms. The van der Waals surface area contributed by atoms with Gasteiger partial charge in [0.2, 0.25) is 0 Å². The third-order valence-electron chi connectivity index (χ3n) is 3.82. The number of nitrogens with two attached hydrogens (primary N) is 1. The van der Waals surface area contributed by atoms with Crippen LogP contribution >= 0.6 is 0 Å². The van der Waals surface area contributed by atoms with Gasteiger partial charge >= 0.3 is 0 Å². The van der Waals surface area contributed by atoms with Gasteiger partial charge in [-0.15, -0.1) is 5.10 Å². The summed E-state index contributed by atoms with van der Waals surface area (Å²) in [6.07, 6.45) is 10.00. The predicted octanol–water partition coefficient (Wildman–Crippen LogP) is 3.16. The number of rotatable bonds is 4. The molecule has 1 atom stereocenters. The molecule has 0 fully saturated rings. The number of aromatic nitrogens is 3. The van der Waals surface area contributed by atoms with Crippen molar-refractivity contribution in [2.24, 2.45) is 5.73 Å². The van der Waals surface area contributed by atoms with Crippen molar-refractivity contribution in [2.75, 3.05) is 0 Å². The molecule has 0 saturated carbocycles. The van der Waals surface area contributed by atoms with Gasteiger partial charge in [-0.3, -0.25) is 0 Å². The van der Waals surface area contributed by atoms with Crippen molar-refractivity contribution in [3.8, 4) is 5.69 Å². The molecule has 1 aromatic carbocycles. The zero-order chi connectivity index (χ0) is 13.8. The van der Waals surface area contributed by atoms with Crippen LogP contribution in [0, 0.1) is 0 Å². The van der Waals surface area contributed by atoms with Crippen molar-refractivity contribution in [1.29, 1.82) is 0 Å². The average Bonchev–Trinajstić information content (AvgIpc) is 2.99. The van der Waals surface area contributed by atoms with E-state index in [4.69, 9.17) is 5.73 Å². The van der Waals surface area contributed by atoms with E-state index in [1.165, 1.54) is 31.3 Å². The van der Waals surface area contributed by atoms with E-state index in [1.54, 1.807) is 6.20 Å². The zero-order valence-electron chi connectivity index (χ0n) is 11.6. The van der Waals surface area contributed by atoms with Gasteiger partial charge in [0, 0.05) is 0 Å². The van der Waals surface area contributed by atoms with Gasteiger partial charge < -0.3 is 5.73 Å². The third-order valence-corrected chi connectivity index (χ3v) is 3.82. The molecule has 4 heteroatoms. The largest absolute Gasteiger partial charge is 0.322 e. The Balaban J connectivity index is 1.80. The molecule has 1 aliphatic carbocycles. The van der Waals surface area contributed by atoms with Crippen LogP contribution in [0.4, 0.5) is 0 Å². The Morgan fingerprint density at radius 1 is 1.20 bits per heavy atom. The molecule has 2 aromatic rings. The van der Waals surface area contributed by atoms with E-state index >= 15 is 0 Å². The molecule has 1 heterocycles. The standard InChI is InChI=1S/C16H20N4/c17-15(11-13-7-3-1-4-8-13)16-12-18-19-20(16)14-9-5-2-6-10-14/h2,5-7,9-10,12,15H,1,3-4,8,11,17H2. The Morgan fingerprint density at radius 3 is 2.80 bits per heavy atom. The number of allylic oxidation sites excluding steroid dienone is 1. The van der Waals surface area contributed by atoms with Gasteiger partial charge in [0.05, 0.1) is 23.6 Å². The van der Waals surface area contributed by atoms with Gasteiger partial charge in [-0.1, -0.05) is 35.1 Å². The molecule has 104 valence electrons. The minimum Gasteiger partial charge on any atom is -0.322 e. The smallest absolute Gasteiger partial charge is 0.0816 e. The van der Waals surface area contributed by atoms with Crippen molar-refractivity contribution in [3.63, 3.8) is 0 Å². The minimum absolute atomic E-state index is 0.0467. The summed E-state index contributed by atoms with van der Waals surface area (Å²) in [5, 5.41) is 8.19. The first kappa shape index (κ1) is 13.1. The first-order valence-corrected chi connectivity index (χ1v) is 7.24. The van der Waals surface area contributed by atoms with E-state index in [1.807, 2.05) is 35.0 Å². The fourth-order valence-electron chi connectivity index (χ4n) is 2.74. The highest BCUT2D eigenvalue weighted by atomic mass is 15.4. The fraction of sp³-hybridized carbons (Fsp3) is 0.375. The second-order valence-electron chi connectivity index (χ2n) is 5.33. The zero-order valence-corrected chi connectivity index (χ0v) is 11.6. The highest BCUT2D eigenvalue weighted by molar-refractivity contribution is 5.32. The van der Waals surface area contributed by atoms with Gasteiger partial charge in [0.25, 0.3) is 0 Å². The topological polar surface area (TPSA) is 56.7 Å². The normalized spacial score (nSPS) is 16.8. The molecule has 1 unspecified atom stereocenters. The summed E-state index contributed by atoms with van der Waals surface area (Å²) in [6.45, 7) is 0. The molecule has 3 rings (SSSR count). The Morgan fingerprint density at radius 2 is 2.05 bits per heavy atom. The first-order chi connectivity index (χ1) is 9.84. The van der Waals surface area contributed by atoms with Crippen LogP contribution in [-0.2, 0) is 0 Å². The summed E-state index contributed by atoms with van der Waals surface area (Å²) in [4.78, 5) is 0. The Labute approximate surface area is 119 Å². The van der Waals surface area contributed by atoms with Crippen molar-refractivity contribution < 1.29 is 0 Å². The predicted molar refractivity (Wildman–Crippen MR) is 79.5 cm³/mol. The molecule has 20 heavy (non-hydrogen) atoms. The number of para-hydroxylation sites is 1. The molecule has 4 nitrogen and oxygen atoms in total. The summed E-state index contributed by atoms with van der Waals surface area (Å²) in [7, 11) is 0. The lowest BCUT2D eigenvalue weighted by Gasteiger charge is -2.18.